The molecule has 0 N–H and O–H groups in total. The van der Waals surface area contributed by atoms with Crippen molar-refractivity contribution in [2.75, 3.05) is 0 Å². The summed E-state index contributed by atoms with van der Waals surface area (Å²) in [4.78, 5) is 11.1. The molecule has 13 heavy (non-hydrogen) atoms. The summed E-state index contributed by atoms with van der Waals surface area (Å²) in [6.45, 7) is 5.72. The fourth-order valence-corrected chi connectivity index (χ4v) is 1.40. The van der Waals surface area contributed by atoms with E-state index in [1.54, 1.807) is 6.92 Å². The molecule has 0 aliphatic heterocycles. The van der Waals surface area contributed by atoms with E-state index in [2.05, 4.69) is 6.92 Å². The number of Topliss-reactive ketones (excluding diaryl/α,β-unsaturated/α-hetero) is 1. The normalized spacial score (nSPS) is 9.77. The van der Waals surface area contributed by atoms with Crippen LogP contribution in [0.5, 0.6) is 0 Å². The minimum Gasteiger partial charge on any atom is -0.295 e. The number of benzene rings is 1. The fourth-order valence-electron chi connectivity index (χ4n) is 1.40. The molecule has 0 amide bonds. The van der Waals surface area contributed by atoms with Gasteiger partial charge in [0, 0.05) is 5.56 Å². The molecular weight excluding hydrogens is 159 g/mol. The third kappa shape index (κ3) is 2.21. The van der Waals surface area contributed by atoms with Crippen molar-refractivity contribution >= 4 is 18.5 Å². The first-order chi connectivity index (χ1) is 6.19. The molecule has 0 saturated heterocycles. The highest BCUT2D eigenvalue weighted by Gasteiger charge is 2.03. The van der Waals surface area contributed by atoms with E-state index in [0.717, 1.165) is 12.0 Å². The second-order valence-corrected chi connectivity index (χ2v) is 3.11. The van der Waals surface area contributed by atoms with Gasteiger partial charge in [0.05, 0.1) is 0 Å². The number of hydrogen-bond acceptors (Lipinski definition) is 1. The van der Waals surface area contributed by atoms with Crippen molar-refractivity contribution in [2.24, 2.45) is 0 Å². The van der Waals surface area contributed by atoms with E-state index in [1.807, 2.05) is 32.3 Å². The van der Waals surface area contributed by atoms with Gasteiger partial charge in [-0.3, -0.25) is 4.79 Å². The van der Waals surface area contributed by atoms with Crippen LogP contribution in [0, 0.1) is 0 Å². The lowest BCUT2D eigenvalue weighted by Crippen LogP contribution is -2.17. The van der Waals surface area contributed by atoms with E-state index < -0.39 is 0 Å². The molecule has 1 radical (unpaired) electrons. The Bertz CT molecular complexity index is 318. The van der Waals surface area contributed by atoms with E-state index in [0.29, 0.717) is 0 Å². The van der Waals surface area contributed by atoms with Gasteiger partial charge in [-0.2, -0.15) is 0 Å². The van der Waals surface area contributed by atoms with Crippen LogP contribution < -0.4 is 5.46 Å². The number of aryl methyl sites for hydroxylation is 1. The second kappa shape index (κ2) is 4.26. The molecule has 0 aromatic heterocycles. The number of carbonyl (C=O) groups excluding carboxylic acids is 1. The number of ketones is 1. The molecule has 0 unspecified atom stereocenters. The third-order valence-electron chi connectivity index (χ3n) is 2.24. The van der Waals surface area contributed by atoms with Crippen LogP contribution in [0.2, 0.25) is 6.82 Å². The quantitative estimate of drug-likeness (QED) is 0.503. The van der Waals surface area contributed by atoms with Crippen molar-refractivity contribution in [1.82, 2.24) is 0 Å². The molecule has 0 bridgehead atoms. The van der Waals surface area contributed by atoms with Crippen LogP contribution in [0.15, 0.2) is 18.2 Å². The van der Waals surface area contributed by atoms with E-state index in [9.17, 15) is 4.79 Å². The lowest BCUT2D eigenvalue weighted by atomic mass is 9.70. The first-order valence-corrected chi connectivity index (χ1v) is 4.62. The van der Waals surface area contributed by atoms with E-state index in [-0.39, 0.29) is 5.78 Å². The highest BCUT2D eigenvalue weighted by Crippen LogP contribution is 2.03. The largest absolute Gasteiger partial charge is 0.295 e. The highest BCUT2D eigenvalue weighted by molar-refractivity contribution is 6.52. The van der Waals surface area contributed by atoms with Gasteiger partial charge in [0.2, 0.25) is 0 Å². The molecule has 0 heterocycles. The highest BCUT2D eigenvalue weighted by atomic mass is 16.1. The number of carbonyl (C=O) groups is 1. The van der Waals surface area contributed by atoms with Gasteiger partial charge >= 0.3 is 0 Å². The van der Waals surface area contributed by atoms with Gasteiger partial charge in [-0.1, -0.05) is 43.0 Å². The zero-order valence-corrected chi connectivity index (χ0v) is 8.42. The summed E-state index contributed by atoms with van der Waals surface area (Å²) in [6.07, 6.45) is 1.01. The van der Waals surface area contributed by atoms with Crippen LogP contribution in [-0.4, -0.2) is 13.1 Å². The van der Waals surface area contributed by atoms with Gasteiger partial charge in [-0.15, -0.1) is 0 Å². The van der Waals surface area contributed by atoms with Crippen molar-refractivity contribution in [1.29, 1.82) is 0 Å². The SMILES string of the molecule is C[B]c1cc(C(C)=O)ccc1CC. The van der Waals surface area contributed by atoms with Crippen LogP contribution in [0.25, 0.3) is 0 Å². The smallest absolute Gasteiger partial charge is 0.159 e. The van der Waals surface area contributed by atoms with Crippen molar-refractivity contribution in [2.45, 2.75) is 27.1 Å². The molecule has 0 fully saturated rings. The summed E-state index contributed by atoms with van der Waals surface area (Å²) in [7, 11) is 2.05. The zero-order valence-electron chi connectivity index (χ0n) is 8.42. The van der Waals surface area contributed by atoms with Crippen LogP contribution in [0.1, 0.15) is 29.8 Å². The Labute approximate surface area is 80.4 Å². The van der Waals surface area contributed by atoms with Crippen molar-refractivity contribution in [3.63, 3.8) is 0 Å². The lowest BCUT2D eigenvalue weighted by Gasteiger charge is -2.06. The van der Waals surface area contributed by atoms with Gasteiger partial charge in [0.15, 0.2) is 5.78 Å². The predicted molar refractivity (Wildman–Crippen MR) is 57.1 cm³/mol. The summed E-state index contributed by atoms with van der Waals surface area (Å²) in [5, 5.41) is 0. The number of rotatable bonds is 3. The van der Waals surface area contributed by atoms with Crippen molar-refractivity contribution in [3.8, 4) is 0 Å². The van der Waals surface area contributed by atoms with Crippen molar-refractivity contribution < 1.29 is 4.79 Å². The Morgan fingerprint density at radius 1 is 1.46 bits per heavy atom. The van der Waals surface area contributed by atoms with Crippen LogP contribution in [0.4, 0.5) is 0 Å². The molecule has 0 aliphatic carbocycles. The maximum atomic E-state index is 11.1. The topological polar surface area (TPSA) is 17.1 Å². The number of hydrogen-bond donors (Lipinski definition) is 0. The fraction of sp³-hybridized carbons (Fsp3) is 0.364. The Kier molecular flexibility index (Phi) is 3.29. The van der Waals surface area contributed by atoms with Crippen LogP contribution in [0.3, 0.4) is 0 Å². The molecule has 0 atom stereocenters. The zero-order chi connectivity index (χ0) is 9.84. The molecule has 2 heteroatoms. The van der Waals surface area contributed by atoms with Crippen LogP contribution in [-0.2, 0) is 6.42 Å². The maximum absolute atomic E-state index is 11.1. The average Bonchev–Trinajstić information content (AvgIpc) is 2.16. The minimum atomic E-state index is 0.130. The molecule has 0 aliphatic rings. The average molecular weight is 173 g/mol. The monoisotopic (exact) mass is 173 g/mol. The molecule has 0 spiro atoms. The molecule has 1 rings (SSSR count). The van der Waals surface area contributed by atoms with E-state index >= 15 is 0 Å². The van der Waals surface area contributed by atoms with Gasteiger partial charge in [0.1, 0.15) is 7.28 Å². The molecule has 1 aromatic rings. The van der Waals surface area contributed by atoms with Gasteiger partial charge in [0.25, 0.3) is 0 Å². The Morgan fingerprint density at radius 2 is 2.15 bits per heavy atom. The van der Waals surface area contributed by atoms with Crippen molar-refractivity contribution in [3.05, 3.63) is 29.3 Å². The Hall–Kier alpha value is -1.05. The Balaban J connectivity index is 3.13. The summed E-state index contributed by atoms with van der Waals surface area (Å²) < 4.78 is 0. The van der Waals surface area contributed by atoms with Gasteiger partial charge in [-0.05, 0) is 13.3 Å². The lowest BCUT2D eigenvalue weighted by molar-refractivity contribution is 0.101. The predicted octanol–water partition coefficient (Wildman–Crippen LogP) is 1.83. The van der Waals surface area contributed by atoms with Crippen LogP contribution >= 0.6 is 0 Å². The van der Waals surface area contributed by atoms with Gasteiger partial charge in [-0.25, -0.2) is 0 Å². The first-order valence-electron chi connectivity index (χ1n) is 4.62. The summed E-state index contributed by atoms with van der Waals surface area (Å²) in [6, 6.07) is 5.89. The van der Waals surface area contributed by atoms with Gasteiger partial charge < -0.3 is 0 Å². The second-order valence-electron chi connectivity index (χ2n) is 3.11. The van der Waals surface area contributed by atoms with E-state index in [1.165, 1.54) is 11.0 Å². The summed E-state index contributed by atoms with van der Waals surface area (Å²) >= 11 is 0. The molecule has 67 valence electrons. The standard InChI is InChI=1S/C11H14BO/c1-4-9-5-6-10(8(2)13)7-11(9)12-3/h5-7H,4H2,1-3H3. The molecule has 0 saturated carbocycles. The molecular formula is C11H14BO. The Morgan fingerprint density at radius 3 is 2.62 bits per heavy atom. The summed E-state index contributed by atoms with van der Waals surface area (Å²) in [5.41, 5.74) is 3.27. The molecule has 1 aromatic carbocycles. The molecule has 1 nitrogen and oxygen atoms in total. The third-order valence-corrected chi connectivity index (χ3v) is 2.24. The first kappa shape index (κ1) is 10.0. The maximum Gasteiger partial charge on any atom is 0.159 e. The van der Waals surface area contributed by atoms with E-state index in [4.69, 9.17) is 0 Å². The summed E-state index contributed by atoms with van der Waals surface area (Å²) in [5.74, 6) is 0.130. The minimum absolute atomic E-state index is 0.130.